The van der Waals surface area contributed by atoms with Gasteiger partial charge in [0.25, 0.3) is 0 Å². The van der Waals surface area contributed by atoms with Crippen molar-refractivity contribution in [2.24, 2.45) is 0 Å². The topological polar surface area (TPSA) is 21.3 Å². The van der Waals surface area contributed by atoms with Crippen LogP contribution in [-0.4, -0.2) is 0 Å². The van der Waals surface area contributed by atoms with Gasteiger partial charge in [-0.3, -0.25) is 0 Å². The van der Waals surface area contributed by atoms with E-state index in [1.165, 1.54) is 5.56 Å². The Morgan fingerprint density at radius 2 is 1.76 bits per heavy atom. The van der Waals surface area contributed by atoms with Crippen molar-refractivity contribution >= 4 is 33.2 Å². The fourth-order valence-electron chi connectivity index (χ4n) is 2.47. The van der Waals surface area contributed by atoms with Crippen molar-refractivity contribution in [2.45, 2.75) is 20.1 Å². The highest BCUT2D eigenvalue weighted by molar-refractivity contribution is 9.10. The Balaban J connectivity index is 1.61. The first-order chi connectivity index (χ1) is 12.1. The first-order valence-electron chi connectivity index (χ1n) is 8.06. The Bertz CT molecular complexity index is 849. The summed E-state index contributed by atoms with van der Waals surface area (Å²) in [6.45, 7) is 3.34. The van der Waals surface area contributed by atoms with Gasteiger partial charge in [0.1, 0.15) is 12.4 Å². The third kappa shape index (κ3) is 5.25. The molecule has 4 heteroatoms. The first-order valence-corrected chi connectivity index (χ1v) is 9.23. The minimum absolute atomic E-state index is 0.553. The summed E-state index contributed by atoms with van der Waals surface area (Å²) < 4.78 is 6.97. The highest BCUT2D eigenvalue weighted by Crippen LogP contribution is 2.22. The smallest absolute Gasteiger partial charge is 0.120 e. The number of ether oxygens (including phenoxy) is 1. The van der Waals surface area contributed by atoms with E-state index < -0.39 is 0 Å². The minimum atomic E-state index is 0.553. The lowest BCUT2D eigenvalue weighted by atomic mass is 10.1. The second-order valence-electron chi connectivity index (χ2n) is 5.88. The van der Waals surface area contributed by atoms with E-state index in [4.69, 9.17) is 16.3 Å². The quantitative estimate of drug-likeness (QED) is 0.488. The number of halogens is 2. The standard InChI is InChI=1S/C21H19BrClNO/c1-15-5-10-19(23)12-21(15)24-13-17-3-2-4-20(11-17)25-14-16-6-8-18(22)9-7-16/h2-12,24H,13-14H2,1H3. The Hall–Kier alpha value is -1.97. The normalized spacial score (nSPS) is 10.5. The van der Waals surface area contributed by atoms with Crippen molar-refractivity contribution < 1.29 is 4.74 Å². The summed E-state index contributed by atoms with van der Waals surface area (Å²) in [6.07, 6.45) is 0. The molecule has 3 rings (SSSR count). The van der Waals surface area contributed by atoms with E-state index in [0.29, 0.717) is 6.61 Å². The predicted molar refractivity (Wildman–Crippen MR) is 108 cm³/mol. The van der Waals surface area contributed by atoms with E-state index in [2.05, 4.69) is 52.4 Å². The zero-order chi connectivity index (χ0) is 17.6. The number of benzene rings is 3. The van der Waals surface area contributed by atoms with E-state index in [-0.39, 0.29) is 0 Å². The van der Waals surface area contributed by atoms with Gasteiger partial charge in [-0.2, -0.15) is 0 Å². The van der Waals surface area contributed by atoms with Crippen LogP contribution in [0.3, 0.4) is 0 Å². The molecule has 0 amide bonds. The molecule has 0 heterocycles. The maximum atomic E-state index is 6.07. The molecule has 128 valence electrons. The molecule has 2 nitrogen and oxygen atoms in total. The Kier molecular flexibility index (Phi) is 6.00. The Morgan fingerprint density at radius 1 is 0.960 bits per heavy atom. The highest BCUT2D eigenvalue weighted by atomic mass is 79.9. The van der Waals surface area contributed by atoms with Gasteiger partial charge in [-0.15, -0.1) is 0 Å². The van der Waals surface area contributed by atoms with Gasteiger partial charge in [-0.05, 0) is 60.0 Å². The van der Waals surface area contributed by atoms with Gasteiger partial charge in [0, 0.05) is 21.7 Å². The van der Waals surface area contributed by atoms with Crippen LogP contribution in [0.2, 0.25) is 5.02 Å². The zero-order valence-electron chi connectivity index (χ0n) is 13.9. The van der Waals surface area contributed by atoms with Crippen molar-refractivity contribution in [1.82, 2.24) is 0 Å². The van der Waals surface area contributed by atoms with E-state index in [1.807, 2.05) is 42.5 Å². The number of aryl methyl sites for hydroxylation is 1. The molecule has 0 aliphatic heterocycles. The second kappa shape index (κ2) is 8.41. The summed E-state index contributed by atoms with van der Waals surface area (Å²) in [5.41, 5.74) is 4.52. The molecular weight excluding hydrogens is 398 g/mol. The SMILES string of the molecule is Cc1ccc(Cl)cc1NCc1cccc(OCc2ccc(Br)cc2)c1. The number of anilines is 1. The average molecular weight is 417 g/mol. The first kappa shape index (κ1) is 17.8. The molecule has 1 N–H and O–H groups in total. The van der Waals surface area contributed by atoms with E-state index >= 15 is 0 Å². The van der Waals surface area contributed by atoms with Crippen molar-refractivity contribution in [3.05, 3.63) is 92.9 Å². The summed E-state index contributed by atoms with van der Waals surface area (Å²) in [5, 5.41) is 4.17. The number of nitrogens with one attached hydrogen (secondary N) is 1. The lowest BCUT2D eigenvalue weighted by molar-refractivity contribution is 0.306. The molecule has 0 aliphatic rings. The molecule has 0 fully saturated rings. The summed E-state index contributed by atoms with van der Waals surface area (Å²) in [7, 11) is 0. The highest BCUT2D eigenvalue weighted by Gasteiger charge is 2.02. The van der Waals surface area contributed by atoms with Gasteiger partial charge in [-0.1, -0.05) is 57.9 Å². The van der Waals surface area contributed by atoms with Crippen LogP contribution in [0.1, 0.15) is 16.7 Å². The average Bonchev–Trinajstić information content (AvgIpc) is 2.62. The predicted octanol–water partition coefficient (Wildman–Crippen LogP) is 6.60. The molecule has 0 bridgehead atoms. The van der Waals surface area contributed by atoms with Crippen LogP contribution in [-0.2, 0) is 13.2 Å². The van der Waals surface area contributed by atoms with Gasteiger partial charge in [0.05, 0.1) is 0 Å². The largest absolute Gasteiger partial charge is 0.489 e. The van der Waals surface area contributed by atoms with Gasteiger partial charge in [0.15, 0.2) is 0 Å². The summed E-state index contributed by atoms with van der Waals surface area (Å²) >= 11 is 9.51. The van der Waals surface area contributed by atoms with Gasteiger partial charge < -0.3 is 10.1 Å². The maximum Gasteiger partial charge on any atom is 0.120 e. The molecule has 3 aromatic rings. The van der Waals surface area contributed by atoms with E-state index in [9.17, 15) is 0 Å². The maximum absolute atomic E-state index is 6.07. The third-order valence-electron chi connectivity index (χ3n) is 3.90. The zero-order valence-corrected chi connectivity index (χ0v) is 16.3. The number of hydrogen-bond donors (Lipinski definition) is 1. The van der Waals surface area contributed by atoms with Crippen molar-refractivity contribution in [3.63, 3.8) is 0 Å². The fraction of sp³-hybridized carbons (Fsp3) is 0.143. The van der Waals surface area contributed by atoms with Crippen LogP contribution in [0.5, 0.6) is 5.75 Å². The molecule has 0 saturated carbocycles. The van der Waals surface area contributed by atoms with Crippen LogP contribution in [0.15, 0.2) is 71.2 Å². The molecule has 0 aromatic heterocycles. The van der Waals surface area contributed by atoms with E-state index in [1.54, 1.807) is 0 Å². The monoisotopic (exact) mass is 415 g/mol. The molecule has 0 atom stereocenters. The summed E-state index contributed by atoms with van der Waals surface area (Å²) in [6, 6.07) is 22.1. The van der Waals surface area contributed by atoms with Crippen LogP contribution in [0.4, 0.5) is 5.69 Å². The number of rotatable bonds is 6. The summed E-state index contributed by atoms with van der Waals surface area (Å²) in [4.78, 5) is 0. The molecule has 3 aromatic carbocycles. The molecular formula is C21H19BrClNO. The van der Waals surface area contributed by atoms with E-state index in [0.717, 1.165) is 38.6 Å². The second-order valence-corrected chi connectivity index (χ2v) is 7.23. The Labute approximate surface area is 161 Å². The van der Waals surface area contributed by atoms with Crippen molar-refractivity contribution in [2.75, 3.05) is 5.32 Å². The summed E-state index contributed by atoms with van der Waals surface area (Å²) in [5.74, 6) is 0.866. The third-order valence-corrected chi connectivity index (χ3v) is 4.66. The lowest BCUT2D eigenvalue weighted by Gasteiger charge is -2.12. The molecule has 0 aliphatic carbocycles. The van der Waals surface area contributed by atoms with Crippen LogP contribution in [0, 0.1) is 6.92 Å². The Morgan fingerprint density at radius 3 is 2.56 bits per heavy atom. The molecule has 0 saturated heterocycles. The number of hydrogen-bond acceptors (Lipinski definition) is 2. The fourth-order valence-corrected chi connectivity index (χ4v) is 2.91. The molecule has 0 radical (unpaired) electrons. The molecule has 0 unspecified atom stereocenters. The molecule has 25 heavy (non-hydrogen) atoms. The van der Waals surface area contributed by atoms with Gasteiger partial charge >= 0.3 is 0 Å². The molecule has 0 spiro atoms. The van der Waals surface area contributed by atoms with Crippen LogP contribution < -0.4 is 10.1 Å². The van der Waals surface area contributed by atoms with Crippen LogP contribution in [0.25, 0.3) is 0 Å². The van der Waals surface area contributed by atoms with Gasteiger partial charge in [0.2, 0.25) is 0 Å². The van der Waals surface area contributed by atoms with Crippen molar-refractivity contribution in [1.29, 1.82) is 0 Å². The van der Waals surface area contributed by atoms with Crippen LogP contribution >= 0.6 is 27.5 Å². The minimum Gasteiger partial charge on any atom is -0.489 e. The van der Waals surface area contributed by atoms with Crippen molar-refractivity contribution in [3.8, 4) is 5.75 Å². The lowest BCUT2D eigenvalue weighted by Crippen LogP contribution is -2.02. The van der Waals surface area contributed by atoms with Gasteiger partial charge in [-0.25, -0.2) is 0 Å².